The van der Waals surface area contributed by atoms with Gasteiger partial charge in [0, 0.05) is 13.0 Å². The van der Waals surface area contributed by atoms with Crippen LogP contribution in [0.4, 0.5) is 0 Å². The molecule has 2 nitrogen and oxygen atoms in total. The Morgan fingerprint density at radius 1 is 0.938 bits per heavy atom. The molecule has 0 aliphatic rings. The Morgan fingerprint density at radius 3 is 2.06 bits per heavy atom. The largest absolute Gasteiger partial charge is 0.396 e. The SMILES string of the molecule is CC(=O)CCCCCC/C=C/CCCCO. The van der Waals surface area contributed by atoms with Crippen molar-refractivity contribution in [3.63, 3.8) is 0 Å². The number of aliphatic hydroxyl groups excluding tert-OH is 1. The van der Waals surface area contributed by atoms with Crippen molar-refractivity contribution in [2.45, 2.75) is 64.7 Å². The van der Waals surface area contributed by atoms with Crippen molar-refractivity contribution in [3.05, 3.63) is 12.2 Å². The Hall–Kier alpha value is -0.630. The van der Waals surface area contributed by atoms with Crippen molar-refractivity contribution < 1.29 is 9.90 Å². The third-order valence-electron chi connectivity index (χ3n) is 2.60. The minimum Gasteiger partial charge on any atom is -0.396 e. The average Bonchev–Trinajstić information content (AvgIpc) is 2.25. The fourth-order valence-corrected chi connectivity index (χ4v) is 1.60. The summed E-state index contributed by atoms with van der Waals surface area (Å²) >= 11 is 0. The number of carbonyl (C=O) groups excluding carboxylic acids is 1. The number of carbonyl (C=O) groups is 1. The Balaban J connectivity index is 3.05. The van der Waals surface area contributed by atoms with Gasteiger partial charge in [0.15, 0.2) is 0 Å². The number of aliphatic hydroxyl groups is 1. The van der Waals surface area contributed by atoms with Crippen LogP contribution in [0.3, 0.4) is 0 Å². The normalized spacial score (nSPS) is 11.1. The molecule has 0 aliphatic carbocycles. The van der Waals surface area contributed by atoms with E-state index in [1.807, 2.05) is 0 Å². The van der Waals surface area contributed by atoms with Gasteiger partial charge in [-0.3, -0.25) is 0 Å². The fraction of sp³-hybridized carbons (Fsp3) is 0.786. The zero-order chi connectivity index (χ0) is 12.1. The van der Waals surface area contributed by atoms with E-state index >= 15 is 0 Å². The average molecular weight is 226 g/mol. The molecule has 0 atom stereocenters. The Labute approximate surface area is 99.7 Å². The molecule has 0 aromatic carbocycles. The molecule has 0 rings (SSSR count). The second kappa shape index (κ2) is 12.4. The lowest BCUT2D eigenvalue weighted by Gasteiger charge is -1.97. The van der Waals surface area contributed by atoms with Gasteiger partial charge >= 0.3 is 0 Å². The number of unbranched alkanes of at least 4 members (excludes halogenated alkanes) is 6. The highest BCUT2D eigenvalue weighted by Gasteiger charge is 1.93. The number of allylic oxidation sites excluding steroid dienone is 2. The first kappa shape index (κ1) is 15.4. The van der Waals surface area contributed by atoms with E-state index in [0.29, 0.717) is 12.4 Å². The Bertz CT molecular complexity index is 185. The molecule has 1 N–H and O–H groups in total. The van der Waals surface area contributed by atoms with Crippen molar-refractivity contribution in [1.29, 1.82) is 0 Å². The summed E-state index contributed by atoms with van der Waals surface area (Å²) in [5, 5.41) is 8.58. The lowest BCUT2D eigenvalue weighted by Crippen LogP contribution is -1.88. The molecule has 0 bridgehead atoms. The van der Waals surface area contributed by atoms with E-state index in [1.165, 1.54) is 19.3 Å². The first-order valence-electron chi connectivity index (χ1n) is 6.52. The zero-order valence-electron chi connectivity index (χ0n) is 10.6. The van der Waals surface area contributed by atoms with Gasteiger partial charge < -0.3 is 9.90 Å². The van der Waals surface area contributed by atoms with E-state index in [0.717, 1.165) is 38.5 Å². The summed E-state index contributed by atoms with van der Waals surface area (Å²) in [6.07, 6.45) is 14.1. The molecule has 0 spiro atoms. The summed E-state index contributed by atoms with van der Waals surface area (Å²) in [5.41, 5.74) is 0. The molecule has 16 heavy (non-hydrogen) atoms. The van der Waals surface area contributed by atoms with Gasteiger partial charge in [-0.15, -0.1) is 0 Å². The molecule has 0 aromatic heterocycles. The van der Waals surface area contributed by atoms with Crippen LogP contribution in [-0.4, -0.2) is 17.5 Å². The van der Waals surface area contributed by atoms with Crippen LogP contribution in [0.2, 0.25) is 0 Å². The summed E-state index contributed by atoms with van der Waals surface area (Å²) in [5.74, 6) is 0.309. The quantitative estimate of drug-likeness (QED) is 0.431. The van der Waals surface area contributed by atoms with Crippen molar-refractivity contribution in [2.75, 3.05) is 6.61 Å². The summed E-state index contributed by atoms with van der Waals surface area (Å²) in [6.45, 7) is 1.97. The van der Waals surface area contributed by atoms with Crippen molar-refractivity contribution >= 4 is 5.78 Å². The molecular formula is C14H26O2. The van der Waals surface area contributed by atoms with Gasteiger partial charge in [-0.05, 0) is 45.4 Å². The lowest BCUT2D eigenvalue weighted by atomic mass is 10.1. The highest BCUT2D eigenvalue weighted by atomic mass is 16.2. The maximum absolute atomic E-state index is 10.7. The molecule has 0 unspecified atom stereocenters. The monoisotopic (exact) mass is 226 g/mol. The smallest absolute Gasteiger partial charge is 0.129 e. The molecule has 0 radical (unpaired) electrons. The number of ketones is 1. The van der Waals surface area contributed by atoms with Gasteiger partial charge in [-0.2, -0.15) is 0 Å². The number of hydrogen-bond donors (Lipinski definition) is 1. The van der Waals surface area contributed by atoms with E-state index in [4.69, 9.17) is 5.11 Å². The minimum absolute atomic E-state index is 0.309. The first-order valence-corrected chi connectivity index (χ1v) is 6.52. The van der Waals surface area contributed by atoms with E-state index < -0.39 is 0 Å². The molecule has 0 aromatic rings. The van der Waals surface area contributed by atoms with Crippen LogP contribution in [0.1, 0.15) is 64.7 Å². The predicted molar refractivity (Wildman–Crippen MR) is 68.5 cm³/mol. The zero-order valence-corrected chi connectivity index (χ0v) is 10.6. The fourth-order valence-electron chi connectivity index (χ4n) is 1.60. The summed E-state index contributed by atoms with van der Waals surface area (Å²) in [4.78, 5) is 10.7. The predicted octanol–water partition coefficient (Wildman–Crippen LogP) is 3.63. The second-order valence-electron chi connectivity index (χ2n) is 4.35. The van der Waals surface area contributed by atoms with Crippen LogP contribution in [0.15, 0.2) is 12.2 Å². The highest BCUT2D eigenvalue weighted by Crippen LogP contribution is 2.06. The van der Waals surface area contributed by atoms with Crippen LogP contribution in [-0.2, 0) is 4.79 Å². The molecule has 0 fully saturated rings. The highest BCUT2D eigenvalue weighted by molar-refractivity contribution is 5.75. The van der Waals surface area contributed by atoms with Crippen molar-refractivity contribution in [3.8, 4) is 0 Å². The molecule has 94 valence electrons. The van der Waals surface area contributed by atoms with E-state index in [1.54, 1.807) is 6.92 Å². The lowest BCUT2D eigenvalue weighted by molar-refractivity contribution is -0.117. The molecule has 0 saturated heterocycles. The summed E-state index contributed by atoms with van der Waals surface area (Å²) < 4.78 is 0. The third kappa shape index (κ3) is 13.4. The maximum Gasteiger partial charge on any atom is 0.129 e. The number of rotatable bonds is 11. The Morgan fingerprint density at radius 2 is 1.50 bits per heavy atom. The van der Waals surface area contributed by atoms with Gasteiger partial charge in [0.1, 0.15) is 5.78 Å². The van der Waals surface area contributed by atoms with Crippen LogP contribution in [0.25, 0.3) is 0 Å². The topological polar surface area (TPSA) is 37.3 Å². The van der Waals surface area contributed by atoms with Crippen LogP contribution in [0, 0.1) is 0 Å². The van der Waals surface area contributed by atoms with Crippen LogP contribution >= 0.6 is 0 Å². The number of Topliss-reactive ketones (excluding diaryl/α,β-unsaturated/α-hetero) is 1. The van der Waals surface area contributed by atoms with Gasteiger partial charge in [0.25, 0.3) is 0 Å². The van der Waals surface area contributed by atoms with Gasteiger partial charge in [0.2, 0.25) is 0 Å². The molecule has 2 heteroatoms. The first-order chi connectivity index (χ1) is 7.77. The van der Waals surface area contributed by atoms with Crippen molar-refractivity contribution in [1.82, 2.24) is 0 Å². The molecular weight excluding hydrogens is 200 g/mol. The second-order valence-corrected chi connectivity index (χ2v) is 4.35. The maximum atomic E-state index is 10.7. The van der Waals surface area contributed by atoms with E-state index in [2.05, 4.69) is 12.2 Å². The number of hydrogen-bond acceptors (Lipinski definition) is 2. The van der Waals surface area contributed by atoms with E-state index in [9.17, 15) is 4.79 Å². The van der Waals surface area contributed by atoms with Crippen LogP contribution in [0.5, 0.6) is 0 Å². The van der Waals surface area contributed by atoms with E-state index in [-0.39, 0.29) is 0 Å². The summed E-state index contributed by atoms with van der Waals surface area (Å²) in [7, 11) is 0. The molecule has 0 saturated carbocycles. The van der Waals surface area contributed by atoms with Gasteiger partial charge in [-0.25, -0.2) is 0 Å². The third-order valence-corrected chi connectivity index (χ3v) is 2.60. The molecule has 0 amide bonds. The molecule has 0 aliphatic heterocycles. The van der Waals surface area contributed by atoms with Crippen molar-refractivity contribution in [2.24, 2.45) is 0 Å². The standard InChI is InChI=1S/C14H26O2/c1-14(16)12-10-8-6-4-2-3-5-7-9-11-13-15/h3,5,15H,2,4,6-13H2,1H3/b5-3+. The van der Waals surface area contributed by atoms with Gasteiger partial charge in [-0.1, -0.05) is 25.0 Å². The summed E-state index contributed by atoms with van der Waals surface area (Å²) in [6, 6.07) is 0. The van der Waals surface area contributed by atoms with Gasteiger partial charge in [0.05, 0.1) is 0 Å². The molecule has 0 heterocycles. The van der Waals surface area contributed by atoms with Crippen LogP contribution < -0.4 is 0 Å². The Kier molecular flexibility index (Phi) is 11.9. The minimum atomic E-state index is 0.309.